The number of halogens is 1. The Kier molecular flexibility index (Phi) is 4.45. The first-order valence-corrected chi connectivity index (χ1v) is 3.42. The smallest absolute Gasteiger partial charge is 0.0359 e. The highest BCUT2D eigenvalue weighted by Crippen LogP contribution is 2.04. The minimum Gasteiger partial charge on any atom is -0.374 e. The number of rotatable bonds is 1. The molecule has 0 aromatic carbocycles. The summed E-state index contributed by atoms with van der Waals surface area (Å²) in [7, 11) is 0. The highest BCUT2D eigenvalue weighted by atomic mass is 79.9. The summed E-state index contributed by atoms with van der Waals surface area (Å²) >= 11 is 0. The molecule has 0 fully saturated rings. The van der Waals surface area contributed by atoms with Crippen LogP contribution in [0.2, 0.25) is 0 Å². The molecule has 0 saturated carbocycles. The van der Waals surface area contributed by atoms with E-state index in [1.165, 1.54) is 5.57 Å². The second-order valence-electron chi connectivity index (χ2n) is 2.35. The molecule has 2 heteroatoms. The first kappa shape index (κ1) is 9.76. The van der Waals surface area contributed by atoms with Crippen molar-refractivity contribution in [2.75, 3.05) is 13.1 Å². The maximum Gasteiger partial charge on any atom is 0.0359 e. The average molecular weight is 204 g/mol. The minimum atomic E-state index is 0. The number of allylic oxidation sites excluding steroid dienone is 2. The molecule has 1 heterocycles. The predicted molar refractivity (Wildman–Crippen MR) is 50.5 cm³/mol. The van der Waals surface area contributed by atoms with E-state index < -0.39 is 0 Å². The zero-order chi connectivity index (χ0) is 6.69. The molecule has 0 spiro atoms. The third-order valence-electron chi connectivity index (χ3n) is 1.60. The number of likely N-dealkylation sites (N-methyl/N-ethyl adjacent to an activating group) is 1. The molecule has 0 aliphatic carbocycles. The van der Waals surface area contributed by atoms with Gasteiger partial charge in [-0.15, -0.1) is 17.0 Å². The second kappa shape index (κ2) is 4.56. The van der Waals surface area contributed by atoms with Gasteiger partial charge in [0.15, 0.2) is 0 Å². The van der Waals surface area contributed by atoms with Gasteiger partial charge in [-0.3, -0.25) is 0 Å². The number of nitrogens with zero attached hydrogens (tertiary/aromatic N) is 1. The van der Waals surface area contributed by atoms with Crippen LogP contribution in [0.15, 0.2) is 23.9 Å². The molecule has 0 aromatic heterocycles. The summed E-state index contributed by atoms with van der Waals surface area (Å²) in [6, 6.07) is 0. The zero-order valence-electron chi connectivity index (χ0n) is 6.50. The van der Waals surface area contributed by atoms with Crippen LogP contribution in [0, 0.1) is 0 Å². The van der Waals surface area contributed by atoms with E-state index in [2.05, 4.69) is 37.1 Å². The van der Waals surface area contributed by atoms with Crippen molar-refractivity contribution in [1.29, 1.82) is 0 Å². The van der Waals surface area contributed by atoms with Crippen LogP contribution in [0.1, 0.15) is 13.8 Å². The summed E-state index contributed by atoms with van der Waals surface area (Å²) < 4.78 is 0. The van der Waals surface area contributed by atoms with Crippen LogP contribution in [0.5, 0.6) is 0 Å². The number of hydrogen-bond donors (Lipinski definition) is 0. The molecule has 0 N–H and O–H groups in total. The van der Waals surface area contributed by atoms with Crippen molar-refractivity contribution in [3.05, 3.63) is 23.9 Å². The van der Waals surface area contributed by atoms with Crippen molar-refractivity contribution in [2.45, 2.75) is 13.8 Å². The predicted octanol–water partition coefficient (Wildman–Crippen LogP) is 2.36. The van der Waals surface area contributed by atoms with Gasteiger partial charge < -0.3 is 4.90 Å². The lowest BCUT2D eigenvalue weighted by molar-refractivity contribution is 0.434. The first-order valence-electron chi connectivity index (χ1n) is 3.42. The molecule has 1 rings (SSSR count). The van der Waals surface area contributed by atoms with Crippen LogP contribution in [0.3, 0.4) is 0 Å². The average Bonchev–Trinajstić information content (AvgIpc) is 1.90. The van der Waals surface area contributed by atoms with Gasteiger partial charge in [-0.25, -0.2) is 0 Å². The quantitative estimate of drug-likeness (QED) is 0.633. The van der Waals surface area contributed by atoms with Crippen LogP contribution < -0.4 is 0 Å². The van der Waals surface area contributed by atoms with Crippen LogP contribution in [0.25, 0.3) is 0 Å². The van der Waals surface area contributed by atoms with Crippen LogP contribution in [0.4, 0.5) is 0 Å². The van der Waals surface area contributed by atoms with Gasteiger partial charge in [0, 0.05) is 13.1 Å². The lowest BCUT2D eigenvalue weighted by Gasteiger charge is -2.19. The Morgan fingerprint density at radius 2 is 2.30 bits per heavy atom. The SMILES string of the molecule is Br.CCN1C=CC(C)=CC1. The first-order chi connectivity index (χ1) is 4.33. The topological polar surface area (TPSA) is 3.24 Å². The van der Waals surface area contributed by atoms with Gasteiger partial charge >= 0.3 is 0 Å². The van der Waals surface area contributed by atoms with Gasteiger partial charge in [0.05, 0.1) is 0 Å². The fourth-order valence-corrected chi connectivity index (χ4v) is 0.848. The Hall–Kier alpha value is -0.240. The molecule has 1 aliphatic heterocycles. The third kappa shape index (κ3) is 2.56. The number of hydrogen-bond acceptors (Lipinski definition) is 1. The standard InChI is InChI=1S/C8H13N.BrH/c1-3-9-6-4-8(2)5-7-9;/h4-6H,3,7H2,1-2H3;1H. The van der Waals surface area contributed by atoms with E-state index in [4.69, 9.17) is 0 Å². The lowest BCUT2D eigenvalue weighted by Crippen LogP contribution is -2.18. The fourth-order valence-electron chi connectivity index (χ4n) is 0.848. The molecule has 1 aliphatic rings. The van der Waals surface area contributed by atoms with Gasteiger partial charge in [-0.2, -0.15) is 0 Å². The Morgan fingerprint density at radius 3 is 2.70 bits per heavy atom. The van der Waals surface area contributed by atoms with Crippen LogP contribution in [-0.4, -0.2) is 18.0 Å². The van der Waals surface area contributed by atoms with Crippen molar-refractivity contribution >= 4 is 17.0 Å². The Bertz CT molecular complexity index is 149. The normalized spacial score (nSPS) is 16.2. The molecule has 0 saturated heterocycles. The van der Waals surface area contributed by atoms with E-state index >= 15 is 0 Å². The van der Waals surface area contributed by atoms with Crippen LogP contribution in [-0.2, 0) is 0 Å². The largest absolute Gasteiger partial charge is 0.374 e. The summed E-state index contributed by atoms with van der Waals surface area (Å²) in [5.74, 6) is 0. The Balaban J connectivity index is 0.000000810. The molecule has 0 unspecified atom stereocenters. The summed E-state index contributed by atoms with van der Waals surface area (Å²) in [6.45, 7) is 6.49. The van der Waals surface area contributed by atoms with E-state index in [9.17, 15) is 0 Å². The van der Waals surface area contributed by atoms with E-state index in [0.717, 1.165) is 13.1 Å². The summed E-state index contributed by atoms with van der Waals surface area (Å²) in [5, 5.41) is 0. The molecule has 0 amide bonds. The van der Waals surface area contributed by atoms with Crippen molar-refractivity contribution in [3.8, 4) is 0 Å². The van der Waals surface area contributed by atoms with Crippen molar-refractivity contribution in [2.24, 2.45) is 0 Å². The van der Waals surface area contributed by atoms with Gasteiger partial charge in [-0.1, -0.05) is 11.6 Å². The summed E-state index contributed by atoms with van der Waals surface area (Å²) in [4.78, 5) is 2.27. The summed E-state index contributed by atoms with van der Waals surface area (Å²) in [5.41, 5.74) is 1.37. The van der Waals surface area contributed by atoms with Crippen molar-refractivity contribution in [3.63, 3.8) is 0 Å². The minimum absolute atomic E-state index is 0. The molecule has 0 atom stereocenters. The third-order valence-corrected chi connectivity index (χ3v) is 1.60. The maximum atomic E-state index is 2.27. The summed E-state index contributed by atoms with van der Waals surface area (Å²) in [6.07, 6.45) is 6.53. The molecular weight excluding hydrogens is 190 g/mol. The van der Waals surface area contributed by atoms with E-state index in [0.29, 0.717) is 0 Å². The Labute approximate surface area is 73.2 Å². The van der Waals surface area contributed by atoms with E-state index in [1.807, 2.05) is 0 Å². The maximum absolute atomic E-state index is 2.27. The molecule has 58 valence electrons. The zero-order valence-corrected chi connectivity index (χ0v) is 8.21. The molecule has 0 bridgehead atoms. The van der Waals surface area contributed by atoms with E-state index in [1.54, 1.807) is 0 Å². The molecule has 1 nitrogen and oxygen atoms in total. The Morgan fingerprint density at radius 1 is 1.60 bits per heavy atom. The fraction of sp³-hybridized carbons (Fsp3) is 0.500. The van der Waals surface area contributed by atoms with Crippen molar-refractivity contribution < 1.29 is 0 Å². The molecule has 0 aromatic rings. The lowest BCUT2D eigenvalue weighted by atomic mass is 10.2. The van der Waals surface area contributed by atoms with Gasteiger partial charge in [-0.05, 0) is 26.1 Å². The van der Waals surface area contributed by atoms with Gasteiger partial charge in [0.1, 0.15) is 0 Å². The monoisotopic (exact) mass is 203 g/mol. The van der Waals surface area contributed by atoms with Crippen molar-refractivity contribution in [1.82, 2.24) is 4.90 Å². The van der Waals surface area contributed by atoms with E-state index in [-0.39, 0.29) is 17.0 Å². The molecule has 0 radical (unpaired) electrons. The highest BCUT2D eigenvalue weighted by Gasteiger charge is 1.96. The highest BCUT2D eigenvalue weighted by molar-refractivity contribution is 8.93. The molecule has 10 heavy (non-hydrogen) atoms. The van der Waals surface area contributed by atoms with Gasteiger partial charge in [0.25, 0.3) is 0 Å². The van der Waals surface area contributed by atoms with Gasteiger partial charge in [0.2, 0.25) is 0 Å². The second-order valence-corrected chi connectivity index (χ2v) is 2.35. The molecular formula is C8H14BrN. The van der Waals surface area contributed by atoms with Crippen LogP contribution >= 0.6 is 17.0 Å².